The van der Waals surface area contributed by atoms with Crippen molar-refractivity contribution < 1.29 is 9.90 Å². The van der Waals surface area contributed by atoms with Crippen molar-refractivity contribution in [2.45, 2.75) is 6.42 Å². The Labute approximate surface area is 137 Å². The number of carbonyl (C=O) groups excluding carboxylic acids is 1. The second-order valence-corrected chi connectivity index (χ2v) is 5.93. The molecule has 5 heteroatoms. The summed E-state index contributed by atoms with van der Waals surface area (Å²) in [5.74, 6) is -0.113. The van der Waals surface area contributed by atoms with Gasteiger partial charge in [0.05, 0.1) is 11.3 Å². The van der Waals surface area contributed by atoms with Crippen molar-refractivity contribution in [3.8, 4) is 0 Å². The number of aliphatic hydroxyl groups excluding tert-OH is 1. The topological polar surface area (TPSA) is 61.4 Å². The van der Waals surface area contributed by atoms with Crippen LogP contribution in [0, 0.1) is 0 Å². The maximum Gasteiger partial charge on any atom is 0.257 e. The average Bonchev–Trinajstić information content (AvgIpc) is 2.81. The predicted molar refractivity (Wildman–Crippen MR) is 91.6 cm³/mol. The van der Waals surface area contributed by atoms with Crippen molar-refractivity contribution in [3.05, 3.63) is 64.3 Å². The van der Waals surface area contributed by atoms with Gasteiger partial charge in [0.2, 0.25) is 0 Å². The van der Waals surface area contributed by atoms with Gasteiger partial charge in [0.25, 0.3) is 5.91 Å². The Morgan fingerprint density at radius 1 is 1.18 bits per heavy atom. The van der Waals surface area contributed by atoms with Crippen molar-refractivity contribution in [1.82, 2.24) is 0 Å². The highest BCUT2D eigenvalue weighted by Crippen LogP contribution is 2.33. The summed E-state index contributed by atoms with van der Waals surface area (Å²) < 4.78 is 0.931. The first-order valence-electron chi connectivity index (χ1n) is 6.95. The van der Waals surface area contributed by atoms with E-state index in [1.54, 1.807) is 6.20 Å². The summed E-state index contributed by atoms with van der Waals surface area (Å²) >= 11 is 3.40. The van der Waals surface area contributed by atoms with Crippen molar-refractivity contribution in [3.63, 3.8) is 0 Å². The minimum atomic E-state index is -0.113. The number of amides is 1. The molecule has 0 aliphatic carbocycles. The summed E-state index contributed by atoms with van der Waals surface area (Å²) in [6.45, 7) is 0.142. The van der Waals surface area contributed by atoms with Crippen molar-refractivity contribution in [2.75, 3.05) is 17.2 Å². The summed E-state index contributed by atoms with van der Waals surface area (Å²) in [6.07, 6.45) is 2.36. The summed E-state index contributed by atoms with van der Waals surface area (Å²) in [5, 5.41) is 14.9. The molecule has 4 nitrogen and oxygen atoms in total. The second kappa shape index (κ2) is 6.34. The molecular formula is C17H15BrN2O2. The smallest absolute Gasteiger partial charge is 0.257 e. The zero-order valence-corrected chi connectivity index (χ0v) is 13.4. The van der Waals surface area contributed by atoms with E-state index < -0.39 is 0 Å². The Morgan fingerprint density at radius 2 is 1.95 bits per heavy atom. The molecule has 0 saturated carbocycles. The summed E-state index contributed by atoms with van der Waals surface area (Å²) in [7, 11) is 0. The van der Waals surface area contributed by atoms with Crippen LogP contribution in [-0.4, -0.2) is 17.6 Å². The van der Waals surface area contributed by atoms with Gasteiger partial charge in [-0.05, 0) is 36.2 Å². The van der Waals surface area contributed by atoms with E-state index in [1.807, 2.05) is 42.5 Å². The van der Waals surface area contributed by atoms with Crippen LogP contribution in [0.2, 0.25) is 0 Å². The van der Waals surface area contributed by atoms with Gasteiger partial charge in [0.1, 0.15) is 0 Å². The molecule has 22 heavy (non-hydrogen) atoms. The Hall–Kier alpha value is -2.11. The van der Waals surface area contributed by atoms with Gasteiger partial charge in [0.15, 0.2) is 0 Å². The molecule has 2 aromatic carbocycles. The van der Waals surface area contributed by atoms with E-state index in [-0.39, 0.29) is 12.5 Å². The van der Waals surface area contributed by atoms with Gasteiger partial charge in [-0.3, -0.25) is 4.79 Å². The number of nitrogens with one attached hydrogen (secondary N) is 2. The highest BCUT2D eigenvalue weighted by atomic mass is 79.9. The highest BCUT2D eigenvalue weighted by molar-refractivity contribution is 9.10. The molecule has 0 unspecified atom stereocenters. The molecule has 0 fully saturated rings. The van der Waals surface area contributed by atoms with E-state index in [9.17, 15) is 4.79 Å². The molecule has 0 saturated heterocycles. The van der Waals surface area contributed by atoms with Gasteiger partial charge < -0.3 is 15.7 Å². The Balaban J connectivity index is 1.80. The van der Waals surface area contributed by atoms with E-state index in [4.69, 9.17) is 5.11 Å². The van der Waals surface area contributed by atoms with E-state index in [0.29, 0.717) is 12.0 Å². The minimum absolute atomic E-state index is 0.113. The first kappa shape index (κ1) is 14.8. The SMILES string of the molecule is O=C1Nc2cc(Br)ccc2/C1=C\Nc1ccc(CCO)cc1. The van der Waals surface area contributed by atoms with Crippen LogP contribution < -0.4 is 10.6 Å². The molecule has 1 aliphatic heterocycles. The molecule has 0 spiro atoms. The maximum atomic E-state index is 12.0. The van der Waals surface area contributed by atoms with Crippen LogP contribution in [0.3, 0.4) is 0 Å². The fourth-order valence-electron chi connectivity index (χ4n) is 2.36. The molecule has 1 heterocycles. The van der Waals surface area contributed by atoms with E-state index in [0.717, 1.165) is 27.0 Å². The molecule has 0 bridgehead atoms. The fraction of sp³-hybridized carbons (Fsp3) is 0.118. The third-order valence-corrected chi connectivity index (χ3v) is 4.00. The largest absolute Gasteiger partial charge is 0.396 e. The third-order valence-electron chi connectivity index (χ3n) is 3.50. The van der Waals surface area contributed by atoms with E-state index in [1.165, 1.54) is 0 Å². The Morgan fingerprint density at radius 3 is 2.68 bits per heavy atom. The van der Waals surface area contributed by atoms with Crippen molar-refractivity contribution in [2.24, 2.45) is 0 Å². The first-order valence-corrected chi connectivity index (χ1v) is 7.74. The zero-order valence-electron chi connectivity index (χ0n) is 11.8. The maximum absolute atomic E-state index is 12.0. The van der Waals surface area contributed by atoms with Crippen LogP contribution in [0.15, 0.2) is 53.1 Å². The molecule has 1 aliphatic rings. The van der Waals surface area contributed by atoms with Gasteiger partial charge in [-0.1, -0.05) is 34.1 Å². The minimum Gasteiger partial charge on any atom is -0.396 e. The number of benzene rings is 2. The lowest BCUT2D eigenvalue weighted by Gasteiger charge is -2.04. The number of carbonyl (C=O) groups is 1. The van der Waals surface area contributed by atoms with Gasteiger partial charge in [-0.2, -0.15) is 0 Å². The lowest BCUT2D eigenvalue weighted by molar-refractivity contribution is -0.110. The second-order valence-electron chi connectivity index (χ2n) is 5.02. The Bertz CT molecular complexity index is 739. The zero-order chi connectivity index (χ0) is 15.5. The van der Waals surface area contributed by atoms with Gasteiger partial charge in [-0.15, -0.1) is 0 Å². The number of rotatable bonds is 4. The average molecular weight is 359 g/mol. The monoisotopic (exact) mass is 358 g/mol. The van der Waals surface area contributed by atoms with E-state index >= 15 is 0 Å². The van der Waals surface area contributed by atoms with Crippen LogP contribution in [0.5, 0.6) is 0 Å². The normalized spacial score (nSPS) is 14.8. The summed E-state index contributed by atoms with van der Waals surface area (Å²) in [4.78, 5) is 12.0. The molecular weight excluding hydrogens is 344 g/mol. The molecule has 112 valence electrons. The van der Waals surface area contributed by atoms with Crippen LogP contribution in [0.1, 0.15) is 11.1 Å². The standard InChI is InChI=1S/C17H15BrN2O2/c18-12-3-6-14-15(17(22)20-16(14)9-12)10-19-13-4-1-11(2-5-13)7-8-21/h1-6,9-10,19,21H,7-8H2,(H,20,22)/b15-10+. The van der Waals surface area contributed by atoms with Crippen molar-refractivity contribution in [1.29, 1.82) is 0 Å². The quantitative estimate of drug-likeness (QED) is 0.734. The molecule has 2 aromatic rings. The number of fused-ring (bicyclic) bond motifs is 1. The van der Waals surface area contributed by atoms with Gasteiger partial charge >= 0.3 is 0 Å². The molecule has 0 aromatic heterocycles. The number of anilines is 2. The van der Waals surface area contributed by atoms with Crippen molar-refractivity contribution >= 4 is 38.8 Å². The van der Waals surface area contributed by atoms with Gasteiger partial charge in [0, 0.05) is 28.5 Å². The van der Waals surface area contributed by atoms with Crippen LogP contribution in [-0.2, 0) is 11.2 Å². The Kier molecular flexibility index (Phi) is 4.27. The fourth-order valence-corrected chi connectivity index (χ4v) is 2.72. The van der Waals surface area contributed by atoms with Crippen LogP contribution in [0.4, 0.5) is 11.4 Å². The molecule has 3 rings (SSSR count). The number of halogens is 1. The third kappa shape index (κ3) is 3.05. The van der Waals surface area contributed by atoms with E-state index in [2.05, 4.69) is 26.6 Å². The summed E-state index contributed by atoms with van der Waals surface area (Å²) in [6, 6.07) is 13.5. The van der Waals surface area contributed by atoms with Crippen LogP contribution >= 0.6 is 15.9 Å². The molecule has 1 amide bonds. The molecule has 0 radical (unpaired) electrons. The van der Waals surface area contributed by atoms with Crippen LogP contribution in [0.25, 0.3) is 5.57 Å². The lowest BCUT2D eigenvalue weighted by Crippen LogP contribution is -2.05. The molecule has 0 atom stereocenters. The predicted octanol–water partition coefficient (Wildman–Crippen LogP) is 3.39. The lowest BCUT2D eigenvalue weighted by atomic mass is 10.1. The summed E-state index contributed by atoms with van der Waals surface area (Å²) in [5.41, 5.74) is 4.28. The molecule has 3 N–H and O–H groups in total. The first-order chi connectivity index (χ1) is 10.7. The van der Waals surface area contributed by atoms with Gasteiger partial charge in [-0.25, -0.2) is 0 Å². The number of hydrogen-bond donors (Lipinski definition) is 3. The number of aliphatic hydroxyl groups is 1. The highest BCUT2D eigenvalue weighted by Gasteiger charge is 2.23. The number of hydrogen-bond acceptors (Lipinski definition) is 3.